The number of benzene rings is 1. The highest BCUT2D eigenvalue weighted by molar-refractivity contribution is 8.00. The van der Waals surface area contributed by atoms with E-state index in [4.69, 9.17) is 0 Å². The maximum atomic E-state index is 13.7. The minimum atomic E-state index is -0.419. The van der Waals surface area contributed by atoms with Gasteiger partial charge in [-0.15, -0.1) is 11.8 Å². The molecule has 0 bridgehead atoms. The Kier molecular flexibility index (Phi) is 5.45. The Hall–Kier alpha value is -1.05. The molecule has 1 aromatic carbocycles. The molecule has 1 N–H and O–H groups in total. The Morgan fingerprint density at radius 2 is 2.30 bits per heavy atom. The van der Waals surface area contributed by atoms with Crippen molar-refractivity contribution in [2.45, 2.75) is 54.7 Å². The number of hydrogen-bond acceptors (Lipinski definition) is 3. The molecule has 0 amide bonds. The number of nitrogens with one attached hydrogen (secondary N) is 1. The largest absolute Gasteiger partial charge is 0.299 e. The highest BCUT2D eigenvalue weighted by Gasteiger charge is 2.36. The van der Waals surface area contributed by atoms with Crippen LogP contribution in [0.4, 0.5) is 4.39 Å². The Labute approximate surface area is 124 Å². The molecule has 0 spiro atoms. The normalized spacial score (nSPS) is 26.1. The van der Waals surface area contributed by atoms with E-state index in [-0.39, 0.29) is 5.82 Å². The van der Waals surface area contributed by atoms with Crippen molar-refractivity contribution in [1.82, 2.24) is 5.32 Å². The van der Waals surface area contributed by atoms with Crippen LogP contribution in [0.2, 0.25) is 0 Å². The van der Waals surface area contributed by atoms with Gasteiger partial charge >= 0.3 is 0 Å². The van der Waals surface area contributed by atoms with Crippen molar-refractivity contribution in [3.63, 3.8) is 0 Å². The minimum Gasteiger partial charge on any atom is -0.299 e. The van der Waals surface area contributed by atoms with E-state index in [9.17, 15) is 9.65 Å². The van der Waals surface area contributed by atoms with Crippen LogP contribution in [0.1, 0.15) is 39.0 Å². The van der Waals surface area contributed by atoms with Crippen molar-refractivity contribution in [3.8, 4) is 6.07 Å². The van der Waals surface area contributed by atoms with Crippen LogP contribution in [0, 0.1) is 17.1 Å². The molecule has 2 nitrogen and oxygen atoms in total. The molecule has 1 aliphatic rings. The van der Waals surface area contributed by atoms with Gasteiger partial charge in [-0.1, -0.05) is 19.1 Å². The molecule has 1 fully saturated rings. The van der Waals surface area contributed by atoms with Crippen molar-refractivity contribution in [2.75, 3.05) is 6.54 Å². The molecular weight excluding hydrogens is 271 g/mol. The summed E-state index contributed by atoms with van der Waals surface area (Å²) >= 11 is 1.58. The third-order valence-corrected chi connectivity index (χ3v) is 5.08. The third-order valence-electron chi connectivity index (χ3n) is 3.76. The number of rotatable bonds is 5. The first-order valence-electron chi connectivity index (χ1n) is 7.26. The lowest BCUT2D eigenvalue weighted by Crippen LogP contribution is -2.48. The Morgan fingerprint density at radius 1 is 1.50 bits per heavy atom. The molecule has 0 saturated heterocycles. The summed E-state index contributed by atoms with van der Waals surface area (Å²) in [4.78, 5) is 0.696. The van der Waals surface area contributed by atoms with Crippen molar-refractivity contribution in [2.24, 2.45) is 0 Å². The molecule has 4 heteroatoms. The average Bonchev–Trinajstić information content (AvgIpc) is 2.48. The topological polar surface area (TPSA) is 35.8 Å². The number of nitriles is 1. The monoisotopic (exact) mass is 292 g/mol. The van der Waals surface area contributed by atoms with Crippen molar-refractivity contribution < 1.29 is 4.39 Å². The first kappa shape index (κ1) is 15.3. The van der Waals surface area contributed by atoms with Gasteiger partial charge in [0.05, 0.1) is 6.07 Å². The van der Waals surface area contributed by atoms with Gasteiger partial charge < -0.3 is 0 Å². The van der Waals surface area contributed by atoms with Crippen LogP contribution in [0.3, 0.4) is 0 Å². The van der Waals surface area contributed by atoms with E-state index in [1.807, 2.05) is 12.1 Å². The van der Waals surface area contributed by atoms with Gasteiger partial charge in [0.25, 0.3) is 0 Å². The van der Waals surface area contributed by atoms with Crippen LogP contribution in [0.5, 0.6) is 0 Å². The van der Waals surface area contributed by atoms with Crippen LogP contribution in [-0.4, -0.2) is 17.3 Å². The molecule has 2 rings (SSSR count). The van der Waals surface area contributed by atoms with Crippen molar-refractivity contribution in [3.05, 3.63) is 30.1 Å². The number of hydrogen-bond donors (Lipinski definition) is 1. The summed E-state index contributed by atoms with van der Waals surface area (Å²) in [6.45, 7) is 2.97. The van der Waals surface area contributed by atoms with E-state index in [1.54, 1.807) is 17.8 Å². The van der Waals surface area contributed by atoms with Crippen molar-refractivity contribution >= 4 is 11.8 Å². The number of thioether (sulfide) groups is 1. The fraction of sp³-hybridized carbons (Fsp3) is 0.562. The quantitative estimate of drug-likeness (QED) is 0.886. The molecule has 0 aromatic heterocycles. The molecule has 2 atom stereocenters. The van der Waals surface area contributed by atoms with Crippen LogP contribution in [-0.2, 0) is 0 Å². The third kappa shape index (κ3) is 3.74. The maximum absolute atomic E-state index is 13.7. The van der Waals surface area contributed by atoms with Crippen LogP contribution in [0.25, 0.3) is 0 Å². The summed E-state index contributed by atoms with van der Waals surface area (Å²) in [6, 6.07) is 9.36. The molecule has 1 aliphatic carbocycles. The second-order valence-electron chi connectivity index (χ2n) is 5.39. The SMILES string of the molecule is CCCNC1(C#N)CCCC(Sc2ccccc2F)C1. The smallest absolute Gasteiger partial charge is 0.136 e. The maximum Gasteiger partial charge on any atom is 0.136 e. The van der Waals surface area contributed by atoms with Gasteiger partial charge in [-0.3, -0.25) is 5.32 Å². The molecule has 0 radical (unpaired) electrons. The van der Waals surface area contributed by atoms with E-state index in [2.05, 4.69) is 18.3 Å². The summed E-state index contributed by atoms with van der Waals surface area (Å²) in [5.74, 6) is -0.160. The van der Waals surface area contributed by atoms with Crippen molar-refractivity contribution in [1.29, 1.82) is 5.26 Å². The van der Waals surface area contributed by atoms with E-state index in [1.165, 1.54) is 6.07 Å². The average molecular weight is 292 g/mol. The first-order chi connectivity index (χ1) is 9.69. The van der Waals surface area contributed by atoms with Crippen LogP contribution in [0.15, 0.2) is 29.2 Å². The Bertz CT molecular complexity index is 486. The Balaban J connectivity index is 2.03. The van der Waals surface area contributed by atoms with Gasteiger partial charge in [-0.25, -0.2) is 4.39 Å². The summed E-state index contributed by atoms with van der Waals surface area (Å²) in [5.41, 5.74) is -0.419. The number of halogens is 1. The first-order valence-corrected chi connectivity index (χ1v) is 8.14. The molecule has 0 aliphatic heterocycles. The molecule has 20 heavy (non-hydrogen) atoms. The van der Waals surface area contributed by atoms with E-state index < -0.39 is 5.54 Å². The lowest BCUT2D eigenvalue weighted by molar-refractivity contribution is 0.304. The van der Waals surface area contributed by atoms with Gasteiger partial charge in [0.1, 0.15) is 11.4 Å². The van der Waals surface area contributed by atoms with Gasteiger partial charge in [0, 0.05) is 10.1 Å². The summed E-state index contributed by atoms with van der Waals surface area (Å²) in [6.07, 6.45) is 4.79. The predicted molar refractivity (Wildman–Crippen MR) is 81.2 cm³/mol. The highest BCUT2D eigenvalue weighted by atomic mass is 32.2. The predicted octanol–water partition coefficient (Wildman–Crippen LogP) is 4.12. The fourth-order valence-electron chi connectivity index (χ4n) is 2.71. The molecule has 2 unspecified atom stereocenters. The van der Waals surface area contributed by atoms with Gasteiger partial charge in [0.2, 0.25) is 0 Å². The van der Waals surface area contributed by atoms with Crippen LogP contribution < -0.4 is 5.32 Å². The lowest BCUT2D eigenvalue weighted by atomic mass is 9.82. The zero-order valence-electron chi connectivity index (χ0n) is 11.9. The van der Waals surface area contributed by atoms with E-state index in [0.717, 1.165) is 38.6 Å². The van der Waals surface area contributed by atoms with E-state index >= 15 is 0 Å². The molecular formula is C16H21FN2S. The highest BCUT2D eigenvalue weighted by Crippen LogP contribution is 2.38. The zero-order chi connectivity index (χ0) is 14.4. The lowest BCUT2D eigenvalue weighted by Gasteiger charge is -2.36. The summed E-state index contributed by atoms with van der Waals surface area (Å²) in [5, 5.41) is 13.2. The standard InChI is InChI=1S/C16H21FN2S/c1-2-10-19-16(12-18)9-5-6-13(11-16)20-15-8-4-3-7-14(15)17/h3-4,7-8,13,19H,2,5-6,9-11H2,1H3. The summed E-state index contributed by atoms with van der Waals surface area (Å²) in [7, 11) is 0. The zero-order valence-corrected chi connectivity index (χ0v) is 12.7. The Morgan fingerprint density at radius 3 is 3.00 bits per heavy atom. The van der Waals surface area contributed by atoms with Gasteiger partial charge in [0.15, 0.2) is 0 Å². The second kappa shape index (κ2) is 7.10. The molecule has 0 heterocycles. The molecule has 1 saturated carbocycles. The molecule has 108 valence electrons. The van der Waals surface area contributed by atoms with E-state index in [0.29, 0.717) is 10.1 Å². The van der Waals surface area contributed by atoms with Gasteiger partial charge in [-0.05, 0) is 50.8 Å². The minimum absolute atomic E-state index is 0.160. The summed E-state index contributed by atoms with van der Waals surface area (Å²) < 4.78 is 13.7. The fourth-order valence-corrected chi connectivity index (χ4v) is 4.06. The second-order valence-corrected chi connectivity index (χ2v) is 6.73. The van der Waals surface area contributed by atoms with Crippen LogP contribution >= 0.6 is 11.8 Å². The number of nitrogens with zero attached hydrogens (tertiary/aromatic N) is 1. The molecule has 1 aromatic rings. The van der Waals surface area contributed by atoms with Gasteiger partial charge in [-0.2, -0.15) is 5.26 Å².